The molecule has 0 unspecified atom stereocenters. The Morgan fingerprint density at radius 2 is 1.90 bits per heavy atom. The van der Waals surface area contributed by atoms with Gasteiger partial charge in [0.25, 0.3) is 5.91 Å². The average molecular weight is 331 g/mol. The molecule has 0 aliphatic carbocycles. The smallest absolute Gasteiger partial charge is 0.254 e. The standard InChI is InChI=1S/C14H19ClN2O3S/c1-9-3-5-17(6-4-9)14(18)12-7-11(15)8-13(10(12)2)21(16,19)20/h7-9H,3-6H2,1-2H3,(H2,16,19,20). The number of sulfonamides is 1. The number of benzene rings is 1. The van der Waals surface area contributed by atoms with Crippen molar-refractivity contribution < 1.29 is 13.2 Å². The third-order valence-electron chi connectivity index (χ3n) is 3.93. The van der Waals surface area contributed by atoms with E-state index in [0.717, 1.165) is 12.8 Å². The van der Waals surface area contributed by atoms with Crippen molar-refractivity contribution >= 4 is 27.5 Å². The minimum Gasteiger partial charge on any atom is -0.339 e. The molecular weight excluding hydrogens is 312 g/mol. The molecule has 1 heterocycles. The van der Waals surface area contributed by atoms with Crippen LogP contribution in [-0.4, -0.2) is 32.3 Å². The molecule has 1 saturated heterocycles. The van der Waals surface area contributed by atoms with Gasteiger partial charge in [0.05, 0.1) is 4.90 Å². The Bertz CT molecular complexity index is 665. The number of amides is 1. The fourth-order valence-electron chi connectivity index (χ4n) is 2.55. The molecule has 1 aliphatic rings. The SMILES string of the molecule is Cc1c(C(=O)N2CCC(C)CC2)cc(Cl)cc1S(N)(=O)=O. The first-order chi connectivity index (χ1) is 9.70. The molecular formula is C14H19ClN2O3S. The monoisotopic (exact) mass is 330 g/mol. The Kier molecular flexibility index (Phi) is 4.60. The lowest BCUT2D eigenvalue weighted by molar-refractivity contribution is 0.0696. The second-order valence-electron chi connectivity index (χ2n) is 5.60. The first kappa shape index (κ1) is 16.3. The van der Waals surface area contributed by atoms with Crippen molar-refractivity contribution in [1.82, 2.24) is 4.90 Å². The van der Waals surface area contributed by atoms with Gasteiger partial charge in [-0.15, -0.1) is 0 Å². The third-order valence-corrected chi connectivity index (χ3v) is 5.19. The number of hydrogen-bond acceptors (Lipinski definition) is 3. The number of piperidine rings is 1. The number of nitrogens with zero attached hydrogens (tertiary/aromatic N) is 1. The predicted octanol–water partition coefficient (Wildman–Crippen LogP) is 2.17. The molecule has 1 fully saturated rings. The highest BCUT2D eigenvalue weighted by atomic mass is 35.5. The number of rotatable bonds is 2. The van der Waals surface area contributed by atoms with Crippen molar-refractivity contribution in [2.45, 2.75) is 31.6 Å². The van der Waals surface area contributed by atoms with Crippen LogP contribution in [0.25, 0.3) is 0 Å². The number of nitrogens with two attached hydrogens (primary N) is 1. The lowest BCUT2D eigenvalue weighted by Crippen LogP contribution is -2.38. The van der Waals surface area contributed by atoms with Gasteiger partial charge in [-0.25, -0.2) is 13.6 Å². The molecule has 1 aromatic rings. The Morgan fingerprint density at radius 1 is 1.33 bits per heavy atom. The molecule has 0 bridgehead atoms. The first-order valence-corrected chi connectivity index (χ1v) is 8.75. The summed E-state index contributed by atoms with van der Waals surface area (Å²) in [5, 5.41) is 5.37. The second-order valence-corrected chi connectivity index (χ2v) is 7.56. The molecule has 0 radical (unpaired) electrons. The molecule has 2 N–H and O–H groups in total. The van der Waals surface area contributed by atoms with Crippen LogP contribution in [0.1, 0.15) is 35.7 Å². The van der Waals surface area contributed by atoms with Crippen molar-refractivity contribution in [3.8, 4) is 0 Å². The summed E-state index contributed by atoms with van der Waals surface area (Å²) in [7, 11) is -3.91. The minimum absolute atomic E-state index is 0.0938. The number of carbonyl (C=O) groups is 1. The van der Waals surface area contributed by atoms with Gasteiger partial charge in [0.15, 0.2) is 0 Å². The highest BCUT2D eigenvalue weighted by molar-refractivity contribution is 7.89. The molecule has 7 heteroatoms. The summed E-state index contributed by atoms with van der Waals surface area (Å²) in [5.74, 6) is 0.418. The van der Waals surface area contributed by atoms with E-state index in [1.807, 2.05) is 0 Å². The van der Waals surface area contributed by atoms with Crippen LogP contribution in [0.5, 0.6) is 0 Å². The van der Waals surface area contributed by atoms with E-state index in [4.69, 9.17) is 16.7 Å². The molecule has 0 aromatic heterocycles. The molecule has 0 spiro atoms. The fourth-order valence-corrected chi connectivity index (χ4v) is 3.66. The van der Waals surface area contributed by atoms with Gasteiger partial charge >= 0.3 is 0 Å². The topological polar surface area (TPSA) is 80.5 Å². The Labute approximate surface area is 130 Å². The molecule has 0 atom stereocenters. The van der Waals surface area contributed by atoms with E-state index in [9.17, 15) is 13.2 Å². The van der Waals surface area contributed by atoms with Crippen LogP contribution >= 0.6 is 11.6 Å². The number of hydrogen-bond donors (Lipinski definition) is 1. The van der Waals surface area contributed by atoms with Gasteiger partial charge in [0, 0.05) is 23.7 Å². The van der Waals surface area contributed by atoms with Gasteiger partial charge in [0.2, 0.25) is 10.0 Å². The number of halogens is 1. The van der Waals surface area contributed by atoms with Gasteiger partial charge in [-0.05, 0) is 43.4 Å². The van der Waals surface area contributed by atoms with Crippen molar-refractivity contribution in [3.63, 3.8) is 0 Å². The van der Waals surface area contributed by atoms with E-state index >= 15 is 0 Å². The third kappa shape index (κ3) is 3.56. The Morgan fingerprint density at radius 3 is 2.43 bits per heavy atom. The lowest BCUT2D eigenvalue weighted by atomic mass is 9.98. The highest BCUT2D eigenvalue weighted by Crippen LogP contribution is 2.26. The van der Waals surface area contributed by atoms with Crippen LogP contribution in [0.2, 0.25) is 5.02 Å². The van der Waals surface area contributed by atoms with Crippen molar-refractivity contribution in [3.05, 3.63) is 28.3 Å². The minimum atomic E-state index is -3.91. The van der Waals surface area contributed by atoms with Crippen LogP contribution in [0.3, 0.4) is 0 Å². The summed E-state index contributed by atoms with van der Waals surface area (Å²) in [6.45, 7) is 5.09. The summed E-state index contributed by atoms with van der Waals surface area (Å²) in [5.41, 5.74) is 0.659. The quantitative estimate of drug-likeness (QED) is 0.902. The van der Waals surface area contributed by atoms with Crippen LogP contribution in [0.15, 0.2) is 17.0 Å². The van der Waals surface area contributed by atoms with E-state index in [1.165, 1.54) is 12.1 Å². The zero-order valence-corrected chi connectivity index (χ0v) is 13.7. The first-order valence-electron chi connectivity index (χ1n) is 6.82. The zero-order valence-electron chi connectivity index (χ0n) is 12.1. The molecule has 0 saturated carbocycles. The van der Waals surface area contributed by atoms with Crippen LogP contribution in [-0.2, 0) is 10.0 Å². The summed E-state index contributed by atoms with van der Waals surface area (Å²) < 4.78 is 23.2. The maximum absolute atomic E-state index is 12.6. The Balaban J connectivity index is 2.40. The summed E-state index contributed by atoms with van der Waals surface area (Å²) in [6, 6.07) is 2.78. The summed E-state index contributed by atoms with van der Waals surface area (Å²) in [4.78, 5) is 14.2. The second kappa shape index (κ2) is 5.94. The fraction of sp³-hybridized carbons (Fsp3) is 0.500. The van der Waals surface area contributed by atoms with Crippen molar-refractivity contribution in [2.75, 3.05) is 13.1 Å². The zero-order chi connectivity index (χ0) is 15.8. The average Bonchev–Trinajstić information content (AvgIpc) is 2.40. The van der Waals surface area contributed by atoms with Crippen molar-refractivity contribution in [2.24, 2.45) is 11.1 Å². The van der Waals surface area contributed by atoms with Gasteiger partial charge in [0.1, 0.15) is 0 Å². The summed E-state index contributed by atoms with van der Waals surface area (Å²) >= 11 is 5.94. The molecule has 2 rings (SSSR count). The summed E-state index contributed by atoms with van der Waals surface area (Å²) in [6.07, 6.45) is 1.90. The number of likely N-dealkylation sites (tertiary alicyclic amines) is 1. The highest BCUT2D eigenvalue weighted by Gasteiger charge is 2.25. The molecule has 21 heavy (non-hydrogen) atoms. The van der Waals surface area contributed by atoms with E-state index in [2.05, 4.69) is 6.92 Å². The number of carbonyl (C=O) groups excluding carboxylic acids is 1. The van der Waals surface area contributed by atoms with Gasteiger partial charge in [-0.2, -0.15) is 0 Å². The molecule has 1 aromatic carbocycles. The largest absolute Gasteiger partial charge is 0.339 e. The van der Waals surface area contributed by atoms with Crippen molar-refractivity contribution in [1.29, 1.82) is 0 Å². The van der Waals surface area contributed by atoms with Crippen LogP contribution in [0.4, 0.5) is 0 Å². The molecule has 1 aliphatic heterocycles. The van der Waals surface area contributed by atoms with E-state index < -0.39 is 10.0 Å². The molecule has 116 valence electrons. The maximum atomic E-state index is 12.6. The van der Waals surface area contributed by atoms with E-state index in [0.29, 0.717) is 30.1 Å². The van der Waals surface area contributed by atoms with E-state index in [1.54, 1.807) is 11.8 Å². The normalized spacial score (nSPS) is 17.0. The predicted molar refractivity (Wildman–Crippen MR) is 81.9 cm³/mol. The van der Waals surface area contributed by atoms with Gasteiger partial charge in [-0.1, -0.05) is 18.5 Å². The Hall–Kier alpha value is -1.11. The van der Waals surface area contributed by atoms with E-state index in [-0.39, 0.29) is 15.8 Å². The number of primary sulfonamides is 1. The van der Waals surface area contributed by atoms with Gasteiger partial charge in [-0.3, -0.25) is 4.79 Å². The van der Waals surface area contributed by atoms with Crippen LogP contribution < -0.4 is 5.14 Å². The molecule has 1 amide bonds. The molecule has 5 nitrogen and oxygen atoms in total. The maximum Gasteiger partial charge on any atom is 0.254 e. The van der Waals surface area contributed by atoms with Gasteiger partial charge < -0.3 is 4.90 Å². The van der Waals surface area contributed by atoms with Crippen LogP contribution in [0, 0.1) is 12.8 Å². The lowest BCUT2D eigenvalue weighted by Gasteiger charge is -2.31.